The summed E-state index contributed by atoms with van der Waals surface area (Å²) in [4.78, 5) is 21.5. The van der Waals surface area contributed by atoms with Gasteiger partial charge in [0.15, 0.2) is 5.79 Å². The van der Waals surface area contributed by atoms with Crippen LogP contribution in [0.25, 0.3) is 0 Å². The van der Waals surface area contributed by atoms with Gasteiger partial charge in [0.25, 0.3) is 5.91 Å². The van der Waals surface area contributed by atoms with Crippen molar-refractivity contribution in [2.45, 2.75) is 45.1 Å². The predicted molar refractivity (Wildman–Crippen MR) is 112 cm³/mol. The number of rotatable bonds is 5. The average molecular weight is 396 g/mol. The number of nitrogens with zero attached hydrogens (tertiary/aromatic N) is 3. The summed E-state index contributed by atoms with van der Waals surface area (Å²) in [5.41, 5.74) is 2.76. The molecular formula is C23H29N3O3. The van der Waals surface area contributed by atoms with Crippen molar-refractivity contribution in [2.75, 3.05) is 31.2 Å². The number of amides is 1. The Labute approximate surface area is 172 Å². The summed E-state index contributed by atoms with van der Waals surface area (Å²) in [6.07, 6.45) is 3.24. The molecule has 6 nitrogen and oxygen atoms in total. The number of hydrogen-bond acceptors (Lipinski definition) is 5. The van der Waals surface area contributed by atoms with Crippen molar-refractivity contribution in [3.63, 3.8) is 0 Å². The van der Waals surface area contributed by atoms with Gasteiger partial charge in [-0.25, -0.2) is 4.98 Å². The van der Waals surface area contributed by atoms with Gasteiger partial charge in [0, 0.05) is 38.5 Å². The molecule has 1 spiro atoms. The Bertz CT molecular complexity index is 807. The third-order valence-electron chi connectivity index (χ3n) is 5.74. The minimum atomic E-state index is -0.469. The number of ether oxygens (including phenoxy) is 2. The molecule has 0 saturated carbocycles. The van der Waals surface area contributed by atoms with Crippen LogP contribution in [0.5, 0.6) is 0 Å². The van der Waals surface area contributed by atoms with Gasteiger partial charge in [-0.15, -0.1) is 0 Å². The second-order valence-corrected chi connectivity index (χ2v) is 8.01. The summed E-state index contributed by atoms with van der Waals surface area (Å²) in [7, 11) is 0. The minimum Gasteiger partial charge on any atom is -0.364 e. The first-order valence-corrected chi connectivity index (χ1v) is 10.4. The zero-order valence-corrected chi connectivity index (χ0v) is 17.2. The molecule has 2 aliphatic heterocycles. The molecule has 1 aromatic heterocycles. The van der Waals surface area contributed by atoms with Crippen LogP contribution in [0, 0.1) is 0 Å². The Morgan fingerprint density at radius 3 is 2.38 bits per heavy atom. The van der Waals surface area contributed by atoms with E-state index in [0.717, 1.165) is 25.1 Å². The monoisotopic (exact) mass is 395 g/mol. The van der Waals surface area contributed by atoms with Crippen LogP contribution in [-0.2, 0) is 16.0 Å². The topological polar surface area (TPSA) is 54.9 Å². The lowest BCUT2D eigenvalue weighted by molar-refractivity contribution is -0.181. The van der Waals surface area contributed by atoms with Gasteiger partial charge in [0.1, 0.15) is 5.69 Å². The van der Waals surface area contributed by atoms with Crippen LogP contribution in [0.3, 0.4) is 0 Å². The van der Waals surface area contributed by atoms with Crippen LogP contribution in [0.15, 0.2) is 48.7 Å². The molecule has 1 amide bonds. The quantitative estimate of drug-likeness (QED) is 0.776. The molecule has 2 aromatic rings. The number of pyridine rings is 1. The molecule has 154 valence electrons. The third-order valence-corrected chi connectivity index (χ3v) is 5.74. The molecule has 3 heterocycles. The van der Waals surface area contributed by atoms with Gasteiger partial charge in [-0.05, 0) is 31.5 Å². The van der Waals surface area contributed by atoms with Gasteiger partial charge in [0.2, 0.25) is 0 Å². The summed E-state index contributed by atoms with van der Waals surface area (Å²) >= 11 is 0. The largest absolute Gasteiger partial charge is 0.364 e. The van der Waals surface area contributed by atoms with Crippen molar-refractivity contribution >= 4 is 11.6 Å². The molecule has 0 aliphatic carbocycles. The Hall–Kier alpha value is -2.44. The zero-order chi connectivity index (χ0) is 20.3. The van der Waals surface area contributed by atoms with Gasteiger partial charge in [-0.3, -0.25) is 4.79 Å². The van der Waals surface area contributed by atoms with Gasteiger partial charge in [-0.1, -0.05) is 30.3 Å². The lowest BCUT2D eigenvalue weighted by Crippen LogP contribution is -2.47. The molecule has 0 N–H and O–H groups in total. The highest BCUT2D eigenvalue weighted by atomic mass is 16.7. The van der Waals surface area contributed by atoms with E-state index in [0.29, 0.717) is 38.0 Å². The van der Waals surface area contributed by atoms with E-state index in [-0.39, 0.29) is 5.91 Å². The van der Waals surface area contributed by atoms with E-state index in [1.54, 1.807) is 0 Å². The Morgan fingerprint density at radius 2 is 1.79 bits per heavy atom. The SMILES string of the molecule is CC(C)N(Cc1ccccc1)c1ccc(C(=O)N2CCC3(CC2)OCCO3)nc1. The highest BCUT2D eigenvalue weighted by Crippen LogP contribution is 2.31. The third kappa shape index (κ3) is 4.43. The maximum absolute atomic E-state index is 12.9. The molecule has 4 rings (SSSR count). The zero-order valence-electron chi connectivity index (χ0n) is 17.2. The van der Waals surface area contributed by atoms with Crippen molar-refractivity contribution in [3.05, 3.63) is 59.9 Å². The van der Waals surface area contributed by atoms with E-state index in [2.05, 4.69) is 48.0 Å². The van der Waals surface area contributed by atoms with Crippen LogP contribution in [-0.4, -0.2) is 53.9 Å². The predicted octanol–water partition coefficient (Wildman–Crippen LogP) is 3.48. The summed E-state index contributed by atoms with van der Waals surface area (Å²) in [5.74, 6) is -0.493. The van der Waals surface area contributed by atoms with Crippen molar-refractivity contribution in [2.24, 2.45) is 0 Å². The molecule has 2 saturated heterocycles. The van der Waals surface area contributed by atoms with Crippen LogP contribution >= 0.6 is 0 Å². The van der Waals surface area contributed by atoms with Gasteiger partial charge < -0.3 is 19.3 Å². The molecule has 0 bridgehead atoms. The number of anilines is 1. The highest BCUT2D eigenvalue weighted by molar-refractivity contribution is 5.92. The Kier molecular flexibility index (Phi) is 5.83. The molecule has 2 aliphatic rings. The Balaban J connectivity index is 1.42. The van der Waals surface area contributed by atoms with Gasteiger partial charge in [-0.2, -0.15) is 0 Å². The molecule has 0 unspecified atom stereocenters. The first-order chi connectivity index (χ1) is 14.1. The minimum absolute atomic E-state index is 0.0245. The van der Waals surface area contributed by atoms with E-state index in [9.17, 15) is 4.79 Å². The van der Waals surface area contributed by atoms with Crippen LogP contribution in [0.1, 0.15) is 42.7 Å². The maximum Gasteiger partial charge on any atom is 0.272 e. The number of carbonyl (C=O) groups is 1. The number of carbonyl (C=O) groups excluding carboxylic acids is 1. The van der Waals surface area contributed by atoms with Crippen LogP contribution in [0.2, 0.25) is 0 Å². The molecule has 29 heavy (non-hydrogen) atoms. The Morgan fingerprint density at radius 1 is 1.10 bits per heavy atom. The van der Waals surface area contributed by atoms with E-state index >= 15 is 0 Å². The van der Waals surface area contributed by atoms with E-state index in [1.807, 2.05) is 29.3 Å². The number of piperidine rings is 1. The molecule has 1 aromatic carbocycles. The second-order valence-electron chi connectivity index (χ2n) is 8.01. The first kappa shape index (κ1) is 19.9. The number of likely N-dealkylation sites (tertiary alicyclic amines) is 1. The summed E-state index contributed by atoms with van der Waals surface area (Å²) < 4.78 is 11.5. The standard InChI is InChI=1S/C23H29N3O3/c1-18(2)26(17-19-6-4-3-5-7-19)20-8-9-21(24-16-20)22(27)25-12-10-23(11-13-25)28-14-15-29-23/h3-9,16,18H,10-15,17H2,1-2H3. The van der Waals surface area contributed by atoms with Gasteiger partial charge >= 0.3 is 0 Å². The summed E-state index contributed by atoms with van der Waals surface area (Å²) in [6.45, 7) is 7.69. The molecule has 0 atom stereocenters. The number of benzene rings is 1. The lowest BCUT2D eigenvalue weighted by atomic mass is 10.0. The normalized spacial score (nSPS) is 18.4. The fourth-order valence-electron chi connectivity index (χ4n) is 4.03. The van der Waals surface area contributed by atoms with E-state index in [4.69, 9.17) is 9.47 Å². The van der Waals surface area contributed by atoms with Crippen LogP contribution < -0.4 is 4.90 Å². The van der Waals surface area contributed by atoms with E-state index < -0.39 is 5.79 Å². The summed E-state index contributed by atoms with van der Waals surface area (Å²) in [5, 5.41) is 0. The molecule has 2 fully saturated rings. The molecular weight excluding hydrogens is 366 g/mol. The van der Waals surface area contributed by atoms with Crippen LogP contribution in [0.4, 0.5) is 5.69 Å². The lowest BCUT2D eigenvalue weighted by Gasteiger charge is -2.37. The highest BCUT2D eigenvalue weighted by Gasteiger charge is 2.41. The maximum atomic E-state index is 12.9. The van der Waals surface area contributed by atoms with Crippen molar-refractivity contribution in [3.8, 4) is 0 Å². The smallest absolute Gasteiger partial charge is 0.272 e. The fraction of sp³-hybridized carbons (Fsp3) is 0.478. The average Bonchev–Trinajstić information content (AvgIpc) is 3.21. The van der Waals surface area contributed by atoms with Crippen molar-refractivity contribution in [1.29, 1.82) is 0 Å². The molecule has 0 radical (unpaired) electrons. The molecule has 6 heteroatoms. The van der Waals surface area contributed by atoms with Crippen molar-refractivity contribution in [1.82, 2.24) is 9.88 Å². The van der Waals surface area contributed by atoms with E-state index in [1.165, 1.54) is 5.56 Å². The number of aromatic nitrogens is 1. The second kappa shape index (κ2) is 8.51. The van der Waals surface area contributed by atoms with Crippen molar-refractivity contribution < 1.29 is 14.3 Å². The number of hydrogen-bond donors (Lipinski definition) is 0. The van der Waals surface area contributed by atoms with Gasteiger partial charge in [0.05, 0.1) is 25.1 Å². The fourth-order valence-corrected chi connectivity index (χ4v) is 4.03. The summed E-state index contributed by atoms with van der Waals surface area (Å²) in [6, 6.07) is 14.5. The first-order valence-electron chi connectivity index (χ1n) is 10.4.